The molecule has 3 heterocycles. The average Bonchev–Trinajstić information content (AvgIpc) is 2.85. The van der Waals surface area contributed by atoms with Gasteiger partial charge in [-0.1, -0.05) is 13.8 Å². The zero-order chi connectivity index (χ0) is 20.7. The molecule has 1 aromatic rings. The van der Waals surface area contributed by atoms with Crippen LogP contribution in [0.5, 0.6) is 0 Å². The summed E-state index contributed by atoms with van der Waals surface area (Å²) in [6.07, 6.45) is -3.11. The predicted molar refractivity (Wildman–Crippen MR) is 92.2 cm³/mol. The van der Waals surface area contributed by atoms with Crippen molar-refractivity contribution >= 4 is 17.8 Å². The predicted octanol–water partition coefficient (Wildman–Crippen LogP) is 2.28. The van der Waals surface area contributed by atoms with Crippen molar-refractivity contribution < 1.29 is 27.6 Å². The number of urea groups is 1. The van der Waals surface area contributed by atoms with E-state index in [1.54, 1.807) is 4.90 Å². The van der Waals surface area contributed by atoms with Crippen molar-refractivity contribution in [2.45, 2.75) is 38.4 Å². The van der Waals surface area contributed by atoms with Gasteiger partial charge < -0.3 is 9.80 Å². The lowest BCUT2D eigenvalue weighted by Crippen LogP contribution is -2.58. The Kier molecular flexibility index (Phi) is 5.07. The first kappa shape index (κ1) is 20.1. The first-order chi connectivity index (χ1) is 13.0. The molecule has 2 aliphatic heterocycles. The van der Waals surface area contributed by atoms with Crippen molar-refractivity contribution in [1.82, 2.24) is 20.1 Å². The van der Waals surface area contributed by atoms with Gasteiger partial charge in [-0.2, -0.15) is 13.2 Å². The molecule has 0 unspecified atom stereocenters. The molecule has 0 atom stereocenters. The molecule has 2 fully saturated rings. The number of likely N-dealkylation sites (tertiary alicyclic amines) is 1. The molecule has 4 amide bonds. The van der Waals surface area contributed by atoms with E-state index in [4.69, 9.17) is 0 Å². The van der Waals surface area contributed by atoms with Crippen molar-refractivity contribution in [1.29, 1.82) is 0 Å². The van der Waals surface area contributed by atoms with E-state index in [2.05, 4.69) is 10.3 Å². The highest BCUT2D eigenvalue weighted by atomic mass is 19.4. The summed E-state index contributed by atoms with van der Waals surface area (Å²) in [6.45, 7) is 4.75. The number of pyridine rings is 1. The Labute approximate surface area is 159 Å². The third-order valence-electron chi connectivity index (χ3n) is 5.13. The standard InChI is InChI=1S/C18H21F3N4O3/c1-11(2)10-25-16(28)23-15(27)17(25)5-7-24(8-6-17)14(26)12-3-4-13(22-9-12)18(19,20)21/h3-4,9,11H,5-8,10H2,1-2H3,(H,23,27,28). The van der Waals surface area contributed by atoms with E-state index in [9.17, 15) is 27.6 Å². The molecule has 0 aromatic carbocycles. The molecule has 10 heteroatoms. The number of nitrogens with zero attached hydrogens (tertiary/aromatic N) is 3. The van der Waals surface area contributed by atoms with Gasteiger partial charge in [0.1, 0.15) is 11.2 Å². The molecule has 28 heavy (non-hydrogen) atoms. The first-order valence-corrected chi connectivity index (χ1v) is 9.00. The summed E-state index contributed by atoms with van der Waals surface area (Å²) in [5, 5.41) is 2.36. The number of carbonyl (C=O) groups is 3. The molecule has 2 aliphatic rings. The second-order valence-corrected chi connectivity index (χ2v) is 7.52. The number of nitrogens with one attached hydrogen (secondary N) is 1. The van der Waals surface area contributed by atoms with E-state index in [0.29, 0.717) is 6.54 Å². The summed E-state index contributed by atoms with van der Waals surface area (Å²) < 4.78 is 37.8. The number of rotatable bonds is 3. The van der Waals surface area contributed by atoms with Crippen molar-refractivity contribution in [2.75, 3.05) is 19.6 Å². The van der Waals surface area contributed by atoms with Crippen molar-refractivity contribution in [3.05, 3.63) is 29.6 Å². The van der Waals surface area contributed by atoms with Gasteiger partial charge in [0.15, 0.2) is 0 Å². The number of imide groups is 1. The molecule has 3 rings (SSSR count). The molecule has 1 spiro atoms. The van der Waals surface area contributed by atoms with Crippen LogP contribution in [0.2, 0.25) is 0 Å². The van der Waals surface area contributed by atoms with Gasteiger partial charge in [0.25, 0.3) is 11.8 Å². The van der Waals surface area contributed by atoms with E-state index < -0.39 is 29.3 Å². The Hall–Kier alpha value is -2.65. The molecule has 0 bridgehead atoms. The smallest absolute Gasteiger partial charge is 0.338 e. The fourth-order valence-corrected chi connectivity index (χ4v) is 3.67. The number of hydrogen-bond donors (Lipinski definition) is 1. The SMILES string of the molecule is CC(C)CN1C(=O)NC(=O)C12CCN(C(=O)c1ccc(C(F)(F)F)nc1)CC2. The quantitative estimate of drug-likeness (QED) is 0.792. The monoisotopic (exact) mass is 398 g/mol. The molecule has 152 valence electrons. The molecule has 2 saturated heterocycles. The van der Waals surface area contributed by atoms with Crippen LogP contribution in [0.4, 0.5) is 18.0 Å². The Morgan fingerprint density at radius 2 is 1.89 bits per heavy atom. The van der Waals surface area contributed by atoms with Crippen LogP contribution < -0.4 is 5.32 Å². The van der Waals surface area contributed by atoms with E-state index in [-0.39, 0.29) is 43.3 Å². The van der Waals surface area contributed by atoms with Crippen LogP contribution in [0, 0.1) is 5.92 Å². The summed E-state index contributed by atoms with van der Waals surface area (Å²) in [5.74, 6) is -0.635. The zero-order valence-corrected chi connectivity index (χ0v) is 15.5. The van der Waals surface area contributed by atoms with E-state index in [1.165, 1.54) is 4.90 Å². The minimum absolute atomic E-state index is 0.0509. The number of hydrogen-bond acceptors (Lipinski definition) is 4. The van der Waals surface area contributed by atoms with Crippen LogP contribution in [0.1, 0.15) is 42.7 Å². The van der Waals surface area contributed by atoms with Gasteiger partial charge in [-0.15, -0.1) is 0 Å². The third kappa shape index (κ3) is 3.55. The Bertz CT molecular complexity index is 784. The Morgan fingerprint density at radius 1 is 1.25 bits per heavy atom. The number of alkyl halides is 3. The van der Waals surface area contributed by atoms with Crippen molar-refractivity contribution in [3.63, 3.8) is 0 Å². The second kappa shape index (κ2) is 7.06. The van der Waals surface area contributed by atoms with Crippen LogP contribution in [0.15, 0.2) is 18.3 Å². The van der Waals surface area contributed by atoms with Gasteiger partial charge in [-0.25, -0.2) is 4.79 Å². The number of piperidine rings is 1. The van der Waals surface area contributed by atoms with Gasteiger partial charge in [0.05, 0.1) is 5.56 Å². The lowest BCUT2D eigenvalue weighted by molar-refractivity contribution is -0.141. The number of amides is 4. The second-order valence-electron chi connectivity index (χ2n) is 7.52. The topological polar surface area (TPSA) is 82.6 Å². The Balaban J connectivity index is 1.71. The van der Waals surface area contributed by atoms with Crippen LogP contribution in [-0.4, -0.2) is 57.8 Å². The van der Waals surface area contributed by atoms with Crippen LogP contribution in [0.25, 0.3) is 0 Å². The van der Waals surface area contributed by atoms with Crippen molar-refractivity contribution in [3.8, 4) is 0 Å². The highest BCUT2D eigenvalue weighted by Gasteiger charge is 2.54. The van der Waals surface area contributed by atoms with Gasteiger partial charge in [0.2, 0.25) is 0 Å². The maximum atomic E-state index is 12.6. The van der Waals surface area contributed by atoms with Crippen LogP contribution >= 0.6 is 0 Å². The van der Waals surface area contributed by atoms with E-state index in [0.717, 1.165) is 18.3 Å². The first-order valence-electron chi connectivity index (χ1n) is 9.00. The van der Waals surface area contributed by atoms with E-state index >= 15 is 0 Å². The highest BCUT2D eigenvalue weighted by molar-refractivity contribution is 6.07. The summed E-state index contributed by atoms with van der Waals surface area (Å²) in [5.41, 5.74) is -1.99. The van der Waals surface area contributed by atoms with Gasteiger partial charge >= 0.3 is 12.2 Å². The largest absolute Gasteiger partial charge is 0.433 e. The van der Waals surface area contributed by atoms with E-state index in [1.807, 2.05) is 13.8 Å². The maximum absolute atomic E-state index is 12.6. The van der Waals surface area contributed by atoms with Gasteiger partial charge in [-0.3, -0.25) is 19.9 Å². The lowest BCUT2D eigenvalue weighted by atomic mass is 9.85. The molecule has 0 aliphatic carbocycles. The Morgan fingerprint density at radius 3 is 2.39 bits per heavy atom. The summed E-state index contributed by atoms with van der Waals surface area (Å²) in [7, 11) is 0. The minimum Gasteiger partial charge on any atom is -0.338 e. The molecule has 0 saturated carbocycles. The van der Waals surface area contributed by atoms with Gasteiger partial charge in [0, 0.05) is 25.8 Å². The number of halogens is 3. The molecular formula is C18H21F3N4O3. The zero-order valence-electron chi connectivity index (χ0n) is 15.5. The third-order valence-corrected chi connectivity index (χ3v) is 5.13. The fraction of sp³-hybridized carbons (Fsp3) is 0.556. The van der Waals surface area contributed by atoms with Crippen LogP contribution in [0.3, 0.4) is 0 Å². The summed E-state index contributed by atoms with van der Waals surface area (Å²) in [4.78, 5) is 43.5. The van der Waals surface area contributed by atoms with Crippen LogP contribution in [-0.2, 0) is 11.0 Å². The molecule has 1 N–H and O–H groups in total. The normalized spacial score (nSPS) is 19.5. The number of carbonyl (C=O) groups excluding carboxylic acids is 3. The average molecular weight is 398 g/mol. The molecule has 0 radical (unpaired) electrons. The maximum Gasteiger partial charge on any atom is 0.433 e. The molecular weight excluding hydrogens is 377 g/mol. The minimum atomic E-state index is -4.57. The fourth-order valence-electron chi connectivity index (χ4n) is 3.67. The summed E-state index contributed by atoms with van der Waals surface area (Å²) >= 11 is 0. The van der Waals surface area contributed by atoms with Gasteiger partial charge in [-0.05, 0) is 30.9 Å². The molecule has 7 nitrogen and oxygen atoms in total. The van der Waals surface area contributed by atoms with Crippen molar-refractivity contribution in [2.24, 2.45) is 5.92 Å². The number of aromatic nitrogens is 1. The lowest BCUT2D eigenvalue weighted by Gasteiger charge is -2.42. The molecule has 1 aromatic heterocycles. The summed E-state index contributed by atoms with van der Waals surface area (Å²) in [6, 6.07) is 1.44. The highest BCUT2D eigenvalue weighted by Crippen LogP contribution is 2.34.